The van der Waals surface area contributed by atoms with Gasteiger partial charge in [-0.15, -0.1) is 6.42 Å². The summed E-state index contributed by atoms with van der Waals surface area (Å²) in [5, 5.41) is 19.4. The van der Waals surface area contributed by atoms with Crippen molar-refractivity contribution in [3.05, 3.63) is 16.7 Å². The van der Waals surface area contributed by atoms with Gasteiger partial charge in [0.25, 0.3) is 5.56 Å². The summed E-state index contributed by atoms with van der Waals surface area (Å²) in [6.45, 7) is -1.47. The van der Waals surface area contributed by atoms with Crippen LogP contribution in [0, 0.1) is 12.3 Å². The number of imidazole rings is 1. The highest BCUT2D eigenvalue weighted by Crippen LogP contribution is 2.44. The number of hydrogen-bond acceptors (Lipinski definition) is 7. The maximum atomic E-state index is 15.1. The minimum atomic E-state index is -2.74. The minimum Gasteiger partial charge on any atom is -0.393 e. The summed E-state index contributed by atoms with van der Waals surface area (Å²) in [7, 11) is 0. The highest BCUT2D eigenvalue weighted by Gasteiger charge is 2.63. The van der Waals surface area contributed by atoms with Crippen molar-refractivity contribution in [3.63, 3.8) is 0 Å². The van der Waals surface area contributed by atoms with Crippen molar-refractivity contribution < 1.29 is 19.3 Å². The average Bonchev–Trinajstić information content (AvgIpc) is 3.00. The monoisotopic (exact) mass is 309 g/mol. The van der Waals surface area contributed by atoms with Crippen LogP contribution in [0.2, 0.25) is 0 Å². The molecule has 0 aromatic carbocycles. The van der Waals surface area contributed by atoms with E-state index in [4.69, 9.17) is 16.9 Å². The minimum absolute atomic E-state index is 0.0503. The van der Waals surface area contributed by atoms with E-state index in [1.165, 1.54) is 0 Å². The van der Waals surface area contributed by atoms with Gasteiger partial charge in [0, 0.05) is 0 Å². The number of terminal acetylenes is 1. The lowest BCUT2D eigenvalue weighted by Gasteiger charge is -2.31. The molecule has 0 bridgehead atoms. The highest BCUT2D eigenvalue weighted by molar-refractivity contribution is 5.70. The Morgan fingerprint density at radius 1 is 1.73 bits per heavy atom. The lowest BCUT2D eigenvalue weighted by atomic mass is 9.87. The molecule has 1 saturated heterocycles. The van der Waals surface area contributed by atoms with Crippen molar-refractivity contribution in [3.8, 4) is 12.3 Å². The number of nitrogens with zero attached hydrogens (tertiary/aromatic N) is 3. The molecule has 1 fully saturated rings. The molecule has 1 aliphatic heterocycles. The molecule has 1 aliphatic rings. The fourth-order valence-corrected chi connectivity index (χ4v) is 2.42. The lowest BCUT2D eigenvalue weighted by Crippen LogP contribution is -2.53. The Kier molecular flexibility index (Phi) is 2.96. The Balaban J connectivity index is 2.21. The summed E-state index contributed by atoms with van der Waals surface area (Å²) < 4.78 is 21.3. The maximum absolute atomic E-state index is 15.1. The van der Waals surface area contributed by atoms with Crippen LogP contribution in [0.1, 0.15) is 6.23 Å². The second-order valence-corrected chi connectivity index (χ2v) is 4.98. The Hall–Kier alpha value is -2.48. The van der Waals surface area contributed by atoms with E-state index in [9.17, 15) is 15.0 Å². The molecule has 116 valence electrons. The Bertz CT molecular complexity index is 842. The van der Waals surface area contributed by atoms with Gasteiger partial charge in [-0.3, -0.25) is 14.3 Å². The van der Waals surface area contributed by atoms with Gasteiger partial charge >= 0.3 is 0 Å². The number of hydrogen-bond donors (Lipinski definition) is 4. The topological polar surface area (TPSA) is 139 Å². The fourth-order valence-electron chi connectivity index (χ4n) is 2.42. The number of aromatic amines is 1. The third-order valence-corrected chi connectivity index (χ3v) is 3.67. The number of ether oxygens (including phenoxy) is 1. The van der Waals surface area contributed by atoms with Crippen LogP contribution < -0.4 is 11.3 Å². The number of nitrogens with one attached hydrogen (secondary N) is 1. The van der Waals surface area contributed by atoms with Crippen LogP contribution in [0.3, 0.4) is 0 Å². The van der Waals surface area contributed by atoms with Gasteiger partial charge in [0.1, 0.15) is 0 Å². The van der Waals surface area contributed by atoms with Crippen LogP contribution in [0.15, 0.2) is 11.1 Å². The number of nitrogens with two attached hydrogens (primary N) is 1. The van der Waals surface area contributed by atoms with Gasteiger partial charge in [-0.05, 0) is 0 Å². The summed E-state index contributed by atoms with van der Waals surface area (Å²) in [6.07, 6.45) is 4.78. The van der Waals surface area contributed by atoms with Crippen LogP contribution in [0.4, 0.5) is 10.3 Å². The number of rotatable bonds is 2. The van der Waals surface area contributed by atoms with E-state index >= 15 is 4.39 Å². The largest absolute Gasteiger partial charge is 0.393 e. The average molecular weight is 309 g/mol. The first-order valence-electron chi connectivity index (χ1n) is 6.20. The first-order chi connectivity index (χ1) is 10.4. The maximum Gasteiger partial charge on any atom is 0.280 e. The molecule has 2 aromatic rings. The van der Waals surface area contributed by atoms with E-state index in [1.807, 2.05) is 5.92 Å². The van der Waals surface area contributed by atoms with E-state index in [0.717, 1.165) is 10.9 Å². The molecule has 5 N–H and O–H groups in total. The van der Waals surface area contributed by atoms with Gasteiger partial charge in [-0.2, -0.15) is 4.98 Å². The smallest absolute Gasteiger partial charge is 0.280 e. The van der Waals surface area contributed by atoms with Gasteiger partial charge in [0.05, 0.1) is 19.5 Å². The molecule has 3 rings (SSSR count). The second kappa shape index (κ2) is 4.51. The summed E-state index contributed by atoms with van der Waals surface area (Å²) >= 11 is 0. The number of nitrogen functional groups attached to an aromatic ring is 1. The number of aliphatic hydroxyl groups excluding tert-OH is 1. The molecule has 22 heavy (non-hydrogen) atoms. The number of halogens is 1. The van der Waals surface area contributed by atoms with Gasteiger partial charge < -0.3 is 20.7 Å². The molecule has 2 aromatic heterocycles. The van der Waals surface area contributed by atoms with Gasteiger partial charge in [0.15, 0.2) is 23.0 Å². The molecule has 9 nitrogen and oxygen atoms in total. The van der Waals surface area contributed by atoms with Gasteiger partial charge in [0.2, 0.25) is 11.6 Å². The second-order valence-electron chi connectivity index (χ2n) is 4.98. The Morgan fingerprint density at radius 2 is 2.45 bits per heavy atom. The number of aliphatic hydroxyl groups is 2. The number of H-pyrrole nitrogens is 1. The normalized spacial score (nSPS) is 31.5. The SMILES string of the molecule is C#C[C@]1(F)[C@H](n2cnc3c(=O)[nH]c(N)nc32)OCC1(O)CO. The van der Waals surface area contributed by atoms with Crippen LogP contribution in [-0.4, -0.2) is 54.2 Å². The van der Waals surface area contributed by atoms with Crippen molar-refractivity contribution in [2.75, 3.05) is 18.9 Å². The zero-order valence-corrected chi connectivity index (χ0v) is 11.2. The van der Waals surface area contributed by atoms with Crippen molar-refractivity contribution in [1.29, 1.82) is 0 Å². The fraction of sp³-hybridized carbons (Fsp3) is 0.417. The first-order valence-corrected chi connectivity index (χ1v) is 6.20. The van der Waals surface area contributed by atoms with E-state index < -0.39 is 36.3 Å². The predicted molar refractivity (Wildman–Crippen MR) is 72.3 cm³/mol. The summed E-state index contributed by atoms with van der Waals surface area (Å²) in [4.78, 5) is 21.7. The predicted octanol–water partition coefficient (Wildman–Crippen LogP) is -1.70. The molecule has 0 radical (unpaired) electrons. The van der Waals surface area contributed by atoms with Crippen molar-refractivity contribution in [1.82, 2.24) is 19.5 Å². The van der Waals surface area contributed by atoms with Gasteiger partial charge in [-0.1, -0.05) is 5.92 Å². The van der Waals surface area contributed by atoms with E-state index in [2.05, 4.69) is 15.0 Å². The molecule has 0 amide bonds. The summed E-state index contributed by atoms with van der Waals surface area (Å²) in [5.74, 6) is 1.62. The van der Waals surface area contributed by atoms with Crippen molar-refractivity contribution in [2.45, 2.75) is 17.5 Å². The molecule has 0 aliphatic carbocycles. The number of aromatic nitrogens is 4. The molecule has 1 unspecified atom stereocenters. The Labute approximate surface area is 122 Å². The van der Waals surface area contributed by atoms with E-state index in [1.54, 1.807) is 0 Å². The van der Waals surface area contributed by atoms with Crippen LogP contribution >= 0.6 is 0 Å². The highest BCUT2D eigenvalue weighted by atomic mass is 19.1. The summed E-state index contributed by atoms with van der Waals surface area (Å²) in [5.41, 5.74) is -0.311. The van der Waals surface area contributed by atoms with Crippen molar-refractivity contribution >= 4 is 17.1 Å². The Morgan fingerprint density at radius 3 is 3.09 bits per heavy atom. The number of anilines is 1. The third kappa shape index (κ3) is 1.67. The molecular formula is C12H12FN5O4. The van der Waals surface area contributed by atoms with Gasteiger partial charge in [-0.25, -0.2) is 9.37 Å². The van der Waals surface area contributed by atoms with Crippen LogP contribution in [0.25, 0.3) is 11.2 Å². The lowest BCUT2D eigenvalue weighted by molar-refractivity contribution is -0.0866. The van der Waals surface area contributed by atoms with E-state index in [0.29, 0.717) is 0 Å². The molecule has 3 atom stereocenters. The molecule has 3 heterocycles. The first kappa shape index (κ1) is 14.5. The molecule has 10 heteroatoms. The standard InChI is InChI=1S/C12H12FN5O4/c1-2-12(13)9(22-4-11(12,21)3-19)18-5-15-6-7(18)16-10(14)17-8(6)20/h1,5,9,19,21H,3-4H2,(H3,14,16,17,20)/t9-,11?,12+/m1/s1. The van der Waals surface area contributed by atoms with Crippen molar-refractivity contribution in [2.24, 2.45) is 0 Å². The molecule has 0 saturated carbocycles. The molecule has 0 spiro atoms. The zero-order valence-electron chi connectivity index (χ0n) is 11.2. The quantitative estimate of drug-likeness (QED) is 0.485. The molecular weight excluding hydrogens is 297 g/mol. The number of fused-ring (bicyclic) bond motifs is 1. The van der Waals surface area contributed by atoms with E-state index in [-0.39, 0.29) is 17.1 Å². The third-order valence-electron chi connectivity index (χ3n) is 3.67. The zero-order chi connectivity index (χ0) is 16.1. The van der Waals surface area contributed by atoms with Crippen LogP contribution in [-0.2, 0) is 4.74 Å². The van der Waals surface area contributed by atoms with Crippen LogP contribution in [0.5, 0.6) is 0 Å². The summed E-state index contributed by atoms with van der Waals surface area (Å²) in [6, 6.07) is 0. The number of alkyl halides is 1.